The van der Waals surface area contributed by atoms with Gasteiger partial charge in [-0.15, -0.1) is 0 Å². The second-order valence-corrected chi connectivity index (χ2v) is 5.55. The van der Waals surface area contributed by atoms with E-state index < -0.39 is 0 Å². The van der Waals surface area contributed by atoms with Crippen LogP contribution in [0.1, 0.15) is 45.4 Å². The van der Waals surface area contributed by atoms with Crippen LogP contribution in [0, 0.1) is 5.92 Å². The highest BCUT2D eigenvalue weighted by molar-refractivity contribution is 4.89. The van der Waals surface area contributed by atoms with Crippen LogP contribution in [-0.4, -0.2) is 31.5 Å². The second-order valence-electron chi connectivity index (χ2n) is 5.55. The maximum Gasteiger partial charge on any atom is 0.0817 e. The number of hydrogen-bond donors (Lipinski definition) is 1. The molecule has 0 aromatic carbocycles. The average molecular weight is 227 g/mol. The van der Waals surface area contributed by atoms with E-state index in [9.17, 15) is 0 Å². The third-order valence-corrected chi connectivity index (χ3v) is 3.96. The number of hydrogen-bond acceptors (Lipinski definition) is 3. The van der Waals surface area contributed by atoms with Crippen molar-refractivity contribution in [2.75, 3.05) is 19.8 Å². The van der Waals surface area contributed by atoms with Gasteiger partial charge in [0, 0.05) is 13.2 Å². The van der Waals surface area contributed by atoms with E-state index in [-0.39, 0.29) is 11.7 Å². The lowest BCUT2D eigenvalue weighted by Crippen LogP contribution is -2.48. The molecule has 1 saturated carbocycles. The van der Waals surface area contributed by atoms with Crippen LogP contribution < -0.4 is 5.73 Å². The Kier molecular flexibility index (Phi) is 4.22. The Morgan fingerprint density at radius 2 is 2.25 bits per heavy atom. The van der Waals surface area contributed by atoms with Gasteiger partial charge in [0.2, 0.25) is 0 Å². The summed E-state index contributed by atoms with van der Waals surface area (Å²) >= 11 is 0. The van der Waals surface area contributed by atoms with Crippen molar-refractivity contribution in [3.05, 3.63) is 0 Å². The largest absolute Gasteiger partial charge is 0.379 e. The minimum atomic E-state index is -0.0525. The molecule has 1 saturated heterocycles. The van der Waals surface area contributed by atoms with Crippen molar-refractivity contribution in [3.63, 3.8) is 0 Å². The lowest BCUT2D eigenvalue weighted by atomic mass is 9.78. The van der Waals surface area contributed by atoms with E-state index in [0.29, 0.717) is 6.54 Å². The van der Waals surface area contributed by atoms with Crippen molar-refractivity contribution in [2.24, 2.45) is 11.7 Å². The van der Waals surface area contributed by atoms with E-state index in [2.05, 4.69) is 6.92 Å². The molecule has 1 aliphatic heterocycles. The molecule has 3 unspecified atom stereocenters. The van der Waals surface area contributed by atoms with E-state index >= 15 is 0 Å². The summed E-state index contributed by atoms with van der Waals surface area (Å²) in [6.07, 6.45) is 7.38. The maximum atomic E-state index is 6.29. The van der Waals surface area contributed by atoms with Crippen molar-refractivity contribution in [2.45, 2.75) is 57.2 Å². The maximum absolute atomic E-state index is 6.29. The van der Waals surface area contributed by atoms with Crippen LogP contribution in [0.5, 0.6) is 0 Å². The van der Waals surface area contributed by atoms with Crippen molar-refractivity contribution in [1.82, 2.24) is 0 Å². The molecule has 94 valence electrons. The van der Waals surface area contributed by atoms with Crippen molar-refractivity contribution in [1.29, 1.82) is 0 Å². The predicted molar refractivity (Wildman–Crippen MR) is 64.3 cm³/mol. The number of rotatable bonds is 3. The number of ether oxygens (including phenoxy) is 2. The molecular formula is C13H25NO2. The summed E-state index contributed by atoms with van der Waals surface area (Å²) in [5.41, 5.74) is 5.90. The molecule has 2 fully saturated rings. The van der Waals surface area contributed by atoms with Gasteiger partial charge in [-0.3, -0.25) is 0 Å². The fourth-order valence-corrected chi connectivity index (χ4v) is 3.11. The highest BCUT2D eigenvalue weighted by atomic mass is 16.5. The summed E-state index contributed by atoms with van der Waals surface area (Å²) in [5.74, 6) is 0.752. The molecule has 3 heteroatoms. The van der Waals surface area contributed by atoms with Crippen molar-refractivity contribution in [3.8, 4) is 0 Å². The monoisotopic (exact) mass is 227 g/mol. The fourth-order valence-electron chi connectivity index (χ4n) is 3.11. The summed E-state index contributed by atoms with van der Waals surface area (Å²) in [6, 6.07) is 0. The molecule has 0 bridgehead atoms. The molecule has 2 N–H and O–H groups in total. The molecule has 0 amide bonds. The zero-order chi connectivity index (χ0) is 11.4. The van der Waals surface area contributed by atoms with Gasteiger partial charge in [0.15, 0.2) is 0 Å². The Hall–Kier alpha value is -0.120. The molecular weight excluding hydrogens is 202 g/mol. The zero-order valence-corrected chi connectivity index (χ0v) is 10.4. The Balaban J connectivity index is 1.91. The van der Waals surface area contributed by atoms with E-state index in [0.717, 1.165) is 44.8 Å². The van der Waals surface area contributed by atoms with E-state index in [1.165, 1.54) is 12.8 Å². The first-order chi connectivity index (χ1) is 7.74. The Morgan fingerprint density at radius 3 is 2.88 bits per heavy atom. The van der Waals surface area contributed by atoms with Crippen LogP contribution in [0.25, 0.3) is 0 Å². The van der Waals surface area contributed by atoms with E-state index in [1.54, 1.807) is 0 Å². The molecule has 0 radical (unpaired) electrons. The molecule has 2 rings (SSSR count). The third kappa shape index (κ3) is 2.96. The van der Waals surface area contributed by atoms with Gasteiger partial charge < -0.3 is 15.2 Å². The van der Waals surface area contributed by atoms with Gasteiger partial charge in [0.05, 0.1) is 18.3 Å². The van der Waals surface area contributed by atoms with Crippen LogP contribution in [0.4, 0.5) is 0 Å². The van der Waals surface area contributed by atoms with Gasteiger partial charge in [-0.2, -0.15) is 0 Å². The highest BCUT2D eigenvalue weighted by Gasteiger charge is 2.37. The molecule has 1 heterocycles. The first kappa shape index (κ1) is 12.3. The second kappa shape index (κ2) is 5.48. The van der Waals surface area contributed by atoms with E-state index in [1.807, 2.05) is 0 Å². The van der Waals surface area contributed by atoms with Crippen molar-refractivity contribution >= 4 is 0 Å². The zero-order valence-electron chi connectivity index (χ0n) is 10.4. The smallest absolute Gasteiger partial charge is 0.0817 e. The lowest BCUT2D eigenvalue weighted by molar-refractivity contribution is -0.151. The van der Waals surface area contributed by atoms with Gasteiger partial charge in [0.1, 0.15) is 0 Å². The quantitative estimate of drug-likeness (QED) is 0.803. The van der Waals surface area contributed by atoms with Gasteiger partial charge in [-0.05, 0) is 31.6 Å². The number of nitrogens with two attached hydrogens (primary N) is 1. The summed E-state index contributed by atoms with van der Waals surface area (Å²) in [5, 5.41) is 0. The van der Waals surface area contributed by atoms with Crippen molar-refractivity contribution < 1.29 is 9.47 Å². The first-order valence-corrected chi connectivity index (χ1v) is 6.70. The van der Waals surface area contributed by atoms with Gasteiger partial charge in [-0.1, -0.05) is 19.8 Å². The third-order valence-electron chi connectivity index (χ3n) is 3.96. The Bertz CT molecular complexity index is 216. The molecule has 0 aromatic heterocycles. The van der Waals surface area contributed by atoms with Gasteiger partial charge in [-0.25, -0.2) is 0 Å². The summed E-state index contributed by atoms with van der Waals surface area (Å²) in [6.45, 7) is 4.63. The molecule has 2 aliphatic rings. The minimum Gasteiger partial charge on any atom is -0.379 e. The van der Waals surface area contributed by atoms with Crippen LogP contribution in [0.15, 0.2) is 0 Å². The topological polar surface area (TPSA) is 44.5 Å². The van der Waals surface area contributed by atoms with Crippen LogP contribution in [0.2, 0.25) is 0 Å². The van der Waals surface area contributed by atoms with Crippen LogP contribution in [-0.2, 0) is 9.47 Å². The van der Waals surface area contributed by atoms with E-state index in [4.69, 9.17) is 15.2 Å². The summed E-state index contributed by atoms with van der Waals surface area (Å²) in [4.78, 5) is 0. The van der Waals surface area contributed by atoms with Crippen LogP contribution >= 0.6 is 0 Å². The Labute approximate surface area is 98.7 Å². The highest BCUT2D eigenvalue weighted by Crippen LogP contribution is 2.36. The SMILES string of the molecule is CC1CCCC(CN)(OC2CCCOC2)C1. The van der Waals surface area contributed by atoms with Gasteiger partial charge in [0.25, 0.3) is 0 Å². The lowest BCUT2D eigenvalue weighted by Gasteiger charge is -2.42. The minimum absolute atomic E-state index is 0.0525. The standard InChI is InChI=1S/C13H25NO2/c1-11-4-2-6-13(8-11,10-14)16-12-5-3-7-15-9-12/h11-12H,2-10,14H2,1H3. The first-order valence-electron chi connectivity index (χ1n) is 6.70. The molecule has 3 atom stereocenters. The normalized spacial score (nSPS) is 40.9. The molecule has 0 aromatic rings. The predicted octanol–water partition coefficient (Wildman–Crippen LogP) is 2.09. The fraction of sp³-hybridized carbons (Fsp3) is 1.00. The average Bonchev–Trinajstić information content (AvgIpc) is 2.30. The van der Waals surface area contributed by atoms with Gasteiger partial charge >= 0.3 is 0 Å². The molecule has 16 heavy (non-hydrogen) atoms. The summed E-state index contributed by atoms with van der Waals surface area (Å²) in [7, 11) is 0. The molecule has 0 spiro atoms. The summed E-state index contributed by atoms with van der Waals surface area (Å²) < 4.78 is 11.8. The molecule has 3 nitrogen and oxygen atoms in total. The molecule has 1 aliphatic carbocycles. The van der Waals surface area contributed by atoms with Crippen LogP contribution in [0.3, 0.4) is 0 Å². The Morgan fingerprint density at radius 1 is 1.38 bits per heavy atom.